The number of ether oxygens (including phenoxy) is 1. The highest BCUT2D eigenvalue weighted by atomic mass is 16.5. The summed E-state index contributed by atoms with van der Waals surface area (Å²) in [5.41, 5.74) is 6.69. The molecule has 0 spiro atoms. The first-order valence-corrected chi connectivity index (χ1v) is 9.74. The molecule has 1 aromatic carbocycles. The van der Waals surface area contributed by atoms with E-state index in [1.54, 1.807) is 0 Å². The molecule has 3 unspecified atom stereocenters. The van der Waals surface area contributed by atoms with Gasteiger partial charge in [0.05, 0.1) is 6.10 Å². The molecule has 0 bridgehead atoms. The fraction of sp³-hybridized carbons (Fsp3) is 0.619. The maximum absolute atomic E-state index is 12.7. The zero-order chi connectivity index (χ0) is 20.2. The maximum atomic E-state index is 12.7. The lowest BCUT2D eigenvalue weighted by atomic mass is 9.54. The molecule has 6 nitrogen and oxygen atoms in total. The number of hydrogen-bond acceptors (Lipinski definition) is 4. The molecular formula is C21H33N3O3. The summed E-state index contributed by atoms with van der Waals surface area (Å²) in [5.74, 6) is -0.208. The van der Waals surface area contributed by atoms with E-state index in [9.17, 15) is 9.59 Å². The summed E-state index contributed by atoms with van der Waals surface area (Å²) in [6.45, 7) is 10.7. The predicted molar refractivity (Wildman–Crippen MR) is 107 cm³/mol. The number of rotatable bonds is 8. The average molecular weight is 376 g/mol. The highest BCUT2D eigenvalue weighted by Crippen LogP contribution is 2.49. The number of nitrogens with two attached hydrogens (primary N) is 1. The van der Waals surface area contributed by atoms with E-state index >= 15 is 0 Å². The van der Waals surface area contributed by atoms with Crippen molar-refractivity contribution in [2.24, 2.45) is 17.1 Å². The van der Waals surface area contributed by atoms with E-state index in [1.807, 2.05) is 58.9 Å². The lowest BCUT2D eigenvalue weighted by Gasteiger charge is -2.57. The van der Waals surface area contributed by atoms with Crippen LogP contribution in [-0.4, -0.2) is 30.1 Å². The first-order valence-electron chi connectivity index (χ1n) is 9.74. The van der Waals surface area contributed by atoms with E-state index in [4.69, 9.17) is 10.5 Å². The number of nitrogens with one attached hydrogen (secondary N) is 2. The van der Waals surface area contributed by atoms with E-state index in [1.165, 1.54) is 0 Å². The highest BCUT2D eigenvalue weighted by Gasteiger charge is 2.62. The maximum Gasteiger partial charge on any atom is 0.241 e. The van der Waals surface area contributed by atoms with Gasteiger partial charge in [-0.3, -0.25) is 9.59 Å². The van der Waals surface area contributed by atoms with Crippen molar-refractivity contribution in [2.75, 3.05) is 11.9 Å². The number of carbonyl (C=O) groups excluding carboxylic acids is 2. The molecule has 0 radical (unpaired) electrons. The molecule has 2 rings (SSSR count). The largest absolute Gasteiger partial charge is 0.378 e. The summed E-state index contributed by atoms with van der Waals surface area (Å²) < 4.78 is 5.68. The number of benzene rings is 1. The Bertz CT molecular complexity index is 689. The molecule has 2 amide bonds. The molecule has 3 atom stereocenters. The lowest BCUT2D eigenvalue weighted by molar-refractivity contribution is -0.170. The minimum Gasteiger partial charge on any atom is -0.378 e. The zero-order valence-corrected chi connectivity index (χ0v) is 17.1. The fourth-order valence-corrected chi connectivity index (χ4v) is 3.37. The molecule has 27 heavy (non-hydrogen) atoms. The molecule has 1 aliphatic rings. The van der Waals surface area contributed by atoms with E-state index in [2.05, 4.69) is 10.6 Å². The van der Waals surface area contributed by atoms with Crippen molar-refractivity contribution in [1.82, 2.24) is 5.32 Å². The van der Waals surface area contributed by atoms with Crippen molar-refractivity contribution in [3.63, 3.8) is 0 Å². The van der Waals surface area contributed by atoms with Gasteiger partial charge in [0.1, 0.15) is 5.54 Å². The van der Waals surface area contributed by atoms with Crippen molar-refractivity contribution in [2.45, 2.75) is 65.6 Å². The average Bonchev–Trinajstić information content (AvgIpc) is 2.65. The normalized spacial score (nSPS) is 24.6. The fourth-order valence-electron chi connectivity index (χ4n) is 3.37. The van der Waals surface area contributed by atoms with Crippen LogP contribution in [0.1, 0.15) is 53.0 Å². The molecule has 150 valence electrons. The van der Waals surface area contributed by atoms with Crippen LogP contribution in [0.15, 0.2) is 24.3 Å². The smallest absolute Gasteiger partial charge is 0.241 e. The van der Waals surface area contributed by atoms with Crippen LogP contribution < -0.4 is 16.4 Å². The summed E-state index contributed by atoms with van der Waals surface area (Å²) in [7, 11) is 0. The molecule has 0 aromatic heterocycles. The Morgan fingerprint density at radius 3 is 2.63 bits per heavy atom. The molecule has 4 N–H and O–H groups in total. The zero-order valence-electron chi connectivity index (χ0n) is 17.1. The Balaban J connectivity index is 1.96. The standard InChI is InChI=1S/C21H33N3O3/c1-6-14(3)18(25)24-16-10-8-9-15(11-16)13-23-19(26)21(22)12-17(27-7-2)20(21,4)5/h8-11,14,17H,6-7,12-13,22H2,1-5H3,(H,23,26)(H,24,25). The minimum atomic E-state index is -0.935. The first-order chi connectivity index (χ1) is 12.7. The SMILES string of the molecule is CCOC1CC(N)(C(=O)NCc2cccc(NC(=O)C(C)CC)c2)C1(C)C. The van der Waals surface area contributed by atoms with Gasteiger partial charge < -0.3 is 21.1 Å². The molecule has 0 saturated heterocycles. The van der Waals surface area contributed by atoms with Crippen LogP contribution >= 0.6 is 0 Å². The van der Waals surface area contributed by atoms with Crippen LogP contribution in [0, 0.1) is 11.3 Å². The Morgan fingerprint density at radius 1 is 1.33 bits per heavy atom. The van der Waals surface area contributed by atoms with Crippen molar-refractivity contribution in [1.29, 1.82) is 0 Å². The summed E-state index contributed by atoms with van der Waals surface area (Å²) in [6, 6.07) is 7.50. The molecule has 0 aliphatic heterocycles. The molecule has 1 aliphatic carbocycles. The molecule has 0 heterocycles. The molecule has 1 saturated carbocycles. The van der Waals surface area contributed by atoms with Crippen LogP contribution in [0.4, 0.5) is 5.69 Å². The third-order valence-corrected chi connectivity index (χ3v) is 5.94. The van der Waals surface area contributed by atoms with Crippen LogP contribution in [0.25, 0.3) is 0 Å². The van der Waals surface area contributed by atoms with Crippen molar-refractivity contribution < 1.29 is 14.3 Å². The minimum absolute atomic E-state index is 0.00206. The Hall–Kier alpha value is -1.92. The quantitative estimate of drug-likeness (QED) is 0.651. The Kier molecular flexibility index (Phi) is 6.65. The summed E-state index contributed by atoms with van der Waals surface area (Å²) >= 11 is 0. The van der Waals surface area contributed by atoms with Gasteiger partial charge in [-0.1, -0.05) is 39.8 Å². The third kappa shape index (κ3) is 4.33. The van der Waals surface area contributed by atoms with Gasteiger partial charge in [-0.2, -0.15) is 0 Å². The van der Waals surface area contributed by atoms with Crippen LogP contribution in [0.2, 0.25) is 0 Å². The Labute approximate surface area is 162 Å². The second kappa shape index (κ2) is 8.40. The molecule has 1 fully saturated rings. The van der Waals surface area contributed by atoms with Crippen molar-refractivity contribution in [3.05, 3.63) is 29.8 Å². The van der Waals surface area contributed by atoms with Crippen molar-refractivity contribution in [3.8, 4) is 0 Å². The third-order valence-electron chi connectivity index (χ3n) is 5.94. The van der Waals surface area contributed by atoms with E-state index in [0.29, 0.717) is 19.6 Å². The van der Waals surface area contributed by atoms with E-state index < -0.39 is 11.0 Å². The topological polar surface area (TPSA) is 93.4 Å². The summed E-state index contributed by atoms with van der Waals surface area (Å²) in [4.78, 5) is 24.8. The summed E-state index contributed by atoms with van der Waals surface area (Å²) in [5, 5.41) is 5.86. The molecule has 1 aromatic rings. The second-order valence-electron chi connectivity index (χ2n) is 8.02. The van der Waals surface area contributed by atoms with Gasteiger partial charge in [0.15, 0.2) is 0 Å². The van der Waals surface area contributed by atoms with E-state index in [0.717, 1.165) is 17.7 Å². The predicted octanol–water partition coefficient (Wildman–Crippen LogP) is 2.82. The highest BCUT2D eigenvalue weighted by molar-refractivity contribution is 5.92. The second-order valence-corrected chi connectivity index (χ2v) is 8.02. The van der Waals surface area contributed by atoms with Gasteiger partial charge in [0, 0.05) is 36.6 Å². The lowest BCUT2D eigenvalue weighted by Crippen LogP contribution is -2.75. The van der Waals surface area contributed by atoms with Gasteiger partial charge >= 0.3 is 0 Å². The number of amides is 2. The Morgan fingerprint density at radius 2 is 2.04 bits per heavy atom. The van der Waals surface area contributed by atoms with Crippen LogP contribution in [-0.2, 0) is 20.9 Å². The van der Waals surface area contributed by atoms with E-state index in [-0.39, 0.29) is 23.8 Å². The molecular weight excluding hydrogens is 342 g/mol. The summed E-state index contributed by atoms with van der Waals surface area (Å²) in [6.07, 6.45) is 1.31. The monoisotopic (exact) mass is 375 g/mol. The number of anilines is 1. The first kappa shape index (κ1) is 21.4. The van der Waals surface area contributed by atoms with Gasteiger partial charge in [-0.05, 0) is 31.0 Å². The van der Waals surface area contributed by atoms with Gasteiger partial charge in [-0.15, -0.1) is 0 Å². The molecule has 6 heteroatoms. The number of carbonyl (C=O) groups is 2. The van der Waals surface area contributed by atoms with Gasteiger partial charge in [-0.25, -0.2) is 0 Å². The number of hydrogen-bond donors (Lipinski definition) is 3. The van der Waals surface area contributed by atoms with Gasteiger partial charge in [0.2, 0.25) is 11.8 Å². The van der Waals surface area contributed by atoms with Crippen LogP contribution in [0.3, 0.4) is 0 Å². The van der Waals surface area contributed by atoms with Crippen molar-refractivity contribution >= 4 is 17.5 Å². The van der Waals surface area contributed by atoms with Gasteiger partial charge in [0.25, 0.3) is 0 Å². The van der Waals surface area contributed by atoms with Crippen LogP contribution in [0.5, 0.6) is 0 Å².